The summed E-state index contributed by atoms with van der Waals surface area (Å²) in [5.74, 6) is -0.635. The van der Waals surface area contributed by atoms with Gasteiger partial charge in [-0.15, -0.1) is 0 Å². The summed E-state index contributed by atoms with van der Waals surface area (Å²) in [6.07, 6.45) is 2.92. The minimum atomic E-state index is -1.04. The number of urea groups is 1. The van der Waals surface area contributed by atoms with Crippen molar-refractivity contribution in [1.82, 2.24) is 4.90 Å². The molecule has 0 atom stereocenters. The number of carbonyl (C=O) groups is 2. The number of carbonyl (C=O) groups excluding carboxylic acids is 1. The van der Waals surface area contributed by atoms with E-state index in [0.717, 1.165) is 6.42 Å². The van der Waals surface area contributed by atoms with Crippen molar-refractivity contribution in [3.8, 4) is 5.75 Å². The molecule has 2 amide bonds. The lowest BCUT2D eigenvalue weighted by Gasteiger charge is -2.25. The number of ether oxygens (including phenoxy) is 1. The van der Waals surface area contributed by atoms with E-state index in [1.54, 1.807) is 29.2 Å². The van der Waals surface area contributed by atoms with Gasteiger partial charge in [0.2, 0.25) is 0 Å². The number of rotatable bonds is 4. The summed E-state index contributed by atoms with van der Waals surface area (Å²) in [5, 5.41) is 11.4. The van der Waals surface area contributed by atoms with Crippen molar-refractivity contribution in [3.63, 3.8) is 0 Å². The van der Waals surface area contributed by atoms with Crippen molar-refractivity contribution >= 4 is 17.7 Å². The highest BCUT2D eigenvalue weighted by atomic mass is 16.5. The molecule has 112 valence electrons. The molecular formula is C15H18N2O4. The summed E-state index contributed by atoms with van der Waals surface area (Å²) in [5.41, 5.74) is 1.87. The first-order chi connectivity index (χ1) is 10.0. The zero-order valence-electron chi connectivity index (χ0n) is 11.8. The van der Waals surface area contributed by atoms with E-state index in [1.165, 1.54) is 5.57 Å². The molecule has 0 aromatic heterocycles. The van der Waals surface area contributed by atoms with Gasteiger partial charge >= 0.3 is 12.0 Å². The largest absolute Gasteiger partial charge is 0.482 e. The van der Waals surface area contributed by atoms with E-state index in [4.69, 9.17) is 9.84 Å². The SMILES string of the molecule is CC1=CCN(C(=O)Nc2cccc(OCC(=O)O)c2)CC1. The van der Waals surface area contributed by atoms with Gasteiger partial charge in [0, 0.05) is 24.8 Å². The molecule has 1 aromatic carbocycles. The molecule has 0 bridgehead atoms. The summed E-state index contributed by atoms with van der Waals surface area (Å²) in [4.78, 5) is 24.3. The molecule has 1 aromatic rings. The molecule has 1 heterocycles. The molecule has 1 aliphatic heterocycles. The number of carboxylic acids is 1. The highest BCUT2D eigenvalue weighted by Crippen LogP contribution is 2.18. The maximum Gasteiger partial charge on any atom is 0.341 e. The number of aliphatic carboxylic acids is 1. The van der Waals surface area contributed by atoms with E-state index >= 15 is 0 Å². The van der Waals surface area contributed by atoms with E-state index in [9.17, 15) is 9.59 Å². The van der Waals surface area contributed by atoms with Crippen LogP contribution in [0.15, 0.2) is 35.9 Å². The van der Waals surface area contributed by atoms with Gasteiger partial charge in [-0.3, -0.25) is 0 Å². The molecule has 2 N–H and O–H groups in total. The third-order valence-electron chi connectivity index (χ3n) is 3.17. The maximum atomic E-state index is 12.1. The highest BCUT2D eigenvalue weighted by molar-refractivity contribution is 5.89. The van der Waals surface area contributed by atoms with Crippen LogP contribution in [0.3, 0.4) is 0 Å². The van der Waals surface area contributed by atoms with Crippen LogP contribution >= 0.6 is 0 Å². The zero-order valence-corrected chi connectivity index (χ0v) is 11.8. The number of hydrogen-bond donors (Lipinski definition) is 2. The van der Waals surface area contributed by atoms with Gasteiger partial charge < -0.3 is 20.1 Å². The topological polar surface area (TPSA) is 78.9 Å². The molecule has 0 saturated carbocycles. The van der Waals surface area contributed by atoms with E-state index in [0.29, 0.717) is 24.5 Å². The Morgan fingerprint density at radius 3 is 2.90 bits per heavy atom. The maximum absolute atomic E-state index is 12.1. The summed E-state index contributed by atoms with van der Waals surface area (Å²) < 4.78 is 5.08. The van der Waals surface area contributed by atoms with Crippen molar-refractivity contribution in [2.75, 3.05) is 25.0 Å². The second kappa shape index (κ2) is 6.78. The van der Waals surface area contributed by atoms with Crippen LogP contribution < -0.4 is 10.1 Å². The third kappa shape index (κ3) is 4.52. The molecule has 0 radical (unpaired) electrons. The number of nitrogens with one attached hydrogen (secondary N) is 1. The molecule has 6 heteroatoms. The fraction of sp³-hybridized carbons (Fsp3) is 0.333. The minimum absolute atomic E-state index is 0.172. The standard InChI is InChI=1S/C15H18N2O4/c1-11-5-7-17(8-6-11)15(20)16-12-3-2-4-13(9-12)21-10-14(18)19/h2-5,9H,6-8,10H2,1H3,(H,16,20)(H,18,19). The number of anilines is 1. The predicted octanol–water partition coefficient (Wildman–Crippen LogP) is 2.33. The van der Waals surface area contributed by atoms with Gasteiger partial charge in [0.05, 0.1) is 0 Å². The predicted molar refractivity (Wildman–Crippen MR) is 78.5 cm³/mol. The Labute approximate surface area is 123 Å². The van der Waals surface area contributed by atoms with Gasteiger partial charge in [0.15, 0.2) is 6.61 Å². The number of carboxylic acid groups (broad SMARTS) is 1. The Morgan fingerprint density at radius 2 is 2.24 bits per heavy atom. The normalized spacial score (nSPS) is 14.3. The van der Waals surface area contributed by atoms with Crippen LogP contribution in [0.4, 0.5) is 10.5 Å². The van der Waals surface area contributed by atoms with E-state index in [1.807, 2.05) is 6.08 Å². The zero-order chi connectivity index (χ0) is 15.2. The minimum Gasteiger partial charge on any atom is -0.482 e. The Hall–Kier alpha value is -2.50. The third-order valence-corrected chi connectivity index (χ3v) is 3.17. The van der Waals surface area contributed by atoms with E-state index < -0.39 is 12.6 Å². The van der Waals surface area contributed by atoms with Crippen molar-refractivity contribution < 1.29 is 19.4 Å². The summed E-state index contributed by atoms with van der Waals surface area (Å²) in [6.45, 7) is 2.95. The number of nitrogens with zero attached hydrogens (tertiary/aromatic N) is 1. The van der Waals surface area contributed by atoms with Crippen LogP contribution in [0.5, 0.6) is 5.75 Å². The lowest BCUT2D eigenvalue weighted by Crippen LogP contribution is -2.37. The molecule has 0 spiro atoms. The van der Waals surface area contributed by atoms with Gasteiger partial charge in [0.25, 0.3) is 0 Å². The molecule has 0 unspecified atom stereocenters. The van der Waals surface area contributed by atoms with Gasteiger partial charge in [-0.05, 0) is 25.5 Å². The van der Waals surface area contributed by atoms with Crippen molar-refractivity contribution in [2.24, 2.45) is 0 Å². The molecule has 0 saturated heterocycles. The smallest absolute Gasteiger partial charge is 0.341 e. The number of hydrogen-bond acceptors (Lipinski definition) is 3. The average molecular weight is 290 g/mol. The molecule has 1 aliphatic rings. The monoisotopic (exact) mass is 290 g/mol. The Kier molecular flexibility index (Phi) is 4.81. The first-order valence-corrected chi connectivity index (χ1v) is 6.71. The van der Waals surface area contributed by atoms with Gasteiger partial charge in [-0.2, -0.15) is 0 Å². The first-order valence-electron chi connectivity index (χ1n) is 6.71. The number of benzene rings is 1. The molecule has 0 aliphatic carbocycles. The molecule has 0 fully saturated rings. The molecule has 2 rings (SSSR count). The molecule has 21 heavy (non-hydrogen) atoms. The quantitative estimate of drug-likeness (QED) is 0.834. The average Bonchev–Trinajstić information content (AvgIpc) is 2.46. The van der Waals surface area contributed by atoms with Gasteiger partial charge in [-0.25, -0.2) is 9.59 Å². The van der Waals surface area contributed by atoms with Crippen LogP contribution in [-0.2, 0) is 4.79 Å². The number of amides is 2. The second-order valence-electron chi connectivity index (χ2n) is 4.89. The van der Waals surface area contributed by atoms with E-state index in [2.05, 4.69) is 12.2 Å². The summed E-state index contributed by atoms with van der Waals surface area (Å²) in [6, 6.07) is 6.51. The van der Waals surface area contributed by atoms with Crippen molar-refractivity contribution in [3.05, 3.63) is 35.9 Å². The lowest BCUT2D eigenvalue weighted by molar-refractivity contribution is -0.139. The van der Waals surface area contributed by atoms with Crippen molar-refractivity contribution in [1.29, 1.82) is 0 Å². The Bertz CT molecular complexity index is 569. The van der Waals surface area contributed by atoms with Crippen LogP contribution in [0.1, 0.15) is 13.3 Å². The highest BCUT2D eigenvalue weighted by Gasteiger charge is 2.15. The summed E-state index contributed by atoms with van der Waals surface area (Å²) in [7, 11) is 0. The van der Waals surface area contributed by atoms with Crippen molar-refractivity contribution in [2.45, 2.75) is 13.3 Å². The van der Waals surface area contributed by atoms with Crippen LogP contribution in [0.25, 0.3) is 0 Å². The van der Waals surface area contributed by atoms with E-state index in [-0.39, 0.29) is 6.03 Å². The van der Waals surface area contributed by atoms with Gasteiger partial charge in [0.1, 0.15) is 5.75 Å². The molecular weight excluding hydrogens is 272 g/mol. The van der Waals surface area contributed by atoms with Gasteiger partial charge in [-0.1, -0.05) is 17.7 Å². The van der Waals surface area contributed by atoms with Crippen LogP contribution in [0.2, 0.25) is 0 Å². The first kappa shape index (κ1) is 14.9. The van der Waals surface area contributed by atoms with Crippen LogP contribution in [0, 0.1) is 0 Å². The summed E-state index contributed by atoms with van der Waals surface area (Å²) >= 11 is 0. The molecule has 6 nitrogen and oxygen atoms in total. The Balaban J connectivity index is 1.94. The lowest BCUT2D eigenvalue weighted by atomic mass is 10.1. The fourth-order valence-electron chi connectivity index (χ4n) is 1.97. The van der Waals surface area contributed by atoms with Crippen LogP contribution in [-0.4, -0.2) is 41.7 Å². The fourth-order valence-corrected chi connectivity index (χ4v) is 1.97. The second-order valence-corrected chi connectivity index (χ2v) is 4.89. The Morgan fingerprint density at radius 1 is 1.43 bits per heavy atom.